The van der Waals surface area contributed by atoms with Crippen LogP contribution >= 0.6 is 11.6 Å². The number of amides is 1. The fraction of sp³-hybridized carbons (Fsp3) is 0.273. The van der Waals surface area contributed by atoms with E-state index in [1.54, 1.807) is 19.2 Å². The summed E-state index contributed by atoms with van der Waals surface area (Å²) in [5.41, 5.74) is 7.28. The maximum absolute atomic E-state index is 12.7. The van der Waals surface area contributed by atoms with Gasteiger partial charge in [0.25, 0.3) is 5.91 Å². The summed E-state index contributed by atoms with van der Waals surface area (Å²) in [6.45, 7) is 2.87. The van der Waals surface area contributed by atoms with E-state index in [1.807, 2.05) is 29.0 Å². The van der Waals surface area contributed by atoms with Crippen molar-refractivity contribution in [2.75, 3.05) is 24.1 Å². The van der Waals surface area contributed by atoms with Crippen molar-refractivity contribution in [3.63, 3.8) is 0 Å². The quantitative estimate of drug-likeness (QED) is 0.201. The van der Waals surface area contributed by atoms with Crippen molar-refractivity contribution in [1.82, 2.24) is 14.9 Å². The van der Waals surface area contributed by atoms with Gasteiger partial charge in [-0.15, -0.1) is 0 Å². The van der Waals surface area contributed by atoms with Crippen molar-refractivity contribution < 1.29 is 14.8 Å². The van der Waals surface area contributed by atoms with Crippen LogP contribution in [0.1, 0.15) is 23.7 Å². The molecule has 0 aliphatic heterocycles. The number of aromatic nitrogens is 2. The fourth-order valence-electron chi connectivity index (χ4n) is 3.25. The first-order valence-electron chi connectivity index (χ1n) is 10.3. The van der Waals surface area contributed by atoms with Gasteiger partial charge in [0.15, 0.2) is 0 Å². The molecule has 10 nitrogen and oxygen atoms in total. The summed E-state index contributed by atoms with van der Waals surface area (Å²) in [7, 11) is 0. The molecule has 3 rings (SSSR count). The number of carbonyl (C=O) groups is 1. The monoisotopic (exact) mass is 472 g/mol. The van der Waals surface area contributed by atoms with Gasteiger partial charge in [-0.3, -0.25) is 14.9 Å². The van der Waals surface area contributed by atoms with Gasteiger partial charge < -0.3 is 26.0 Å². The van der Waals surface area contributed by atoms with E-state index < -0.39 is 11.0 Å². The van der Waals surface area contributed by atoms with Gasteiger partial charge in [-0.1, -0.05) is 29.8 Å². The predicted octanol–water partition coefficient (Wildman–Crippen LogP) is 3.31. The maximum atomic E-state index is 12.7. The zero-order chi connectivity index (χ0) is 24.0. The Morgan fingerprint density at radius 3 is 2.70 bits per heavy atom. The number of nitrogens with two attached hydrogens (primary N) is 1. The summed E-state index contributed by atoms with van der Waals surface area (Å²) in [5.74, 6) is 0.00134. The number of nitrogens with one attached hydrogen (secondary N) is 2. The lowest BCUT2D eigenvalue weighted by Crippen LogP contribution is -2.30. The molecule has 2 aromatic heterocycles. The number of halogens is 1. The summed E-state index contributed by atoms with van der Waals surface area (Å²) in [4.78, 5) is 27.0. The molecule has 1 atom stereocenters. The van der Waals surface area contributed by atoms with E-state index in [-0.39, 0.29) is 24.0 Å². The molecular weight excluding hydrogens is 448 g/mol. The normalized spacial score (nSPS) is 11.7. The Balaban J connectivity index is 1.69. The van der Waals surface area contributed by atoms with Crippen molar-refractivity contribution >= 4 is 34.8 Å². The van der Waals surface area contributed by atoms with Crippen molar-refractivity contribution in [1.29, 1.82) is 0 Å². The number of hydrogen-bond acceptors (Lipinski definition) is 7. The van der Waals surface area contributed by atoms with Gasteiger partial charge in [0.2, 0.25) is 5.82 Å². The Hall–Kier alpha value is -3.63. The number of nitrogen functional groups attached to an aromatic ring is 1. The average Bonchev–Trinajstić information content (AvgIpc) is 3.19. The molecule has 2 heterocycles. The number of pyridine rings is 1. The third kappa shape index (κ3) is 6.21. The minimum Gasteiger partial charge on any atom is -0.392 e. The number of aliphatic hydroxyl groups excluding tert-OH is 1. The van der Waals surface area contributed by atoms with E-state index in [0.29, 0.717) is 41.5 Å². The zero-order valence-electron chi connectivity index (χ0n) is 18.0. The van der Waals surface area contributed by atoms with Crippen molar-refractivity contribution in [2.24, 2.45) is 0 Å². The van der Waals surface area contributed by atoms with Crippen LogP contribution in [0.5, 0.6) is 0 Å². The Morgan fingerprint density at radius 2 is 2.03 bits per heavy atom. The Labute approximate surface area is 195 Å². The number of nitrogens with zero attached hydrogens (tertiary/aromatic N) is 3. The molecule has 0 aliphatic rings. The lowest BCUT2D eigenvalue weighted by molar-refractivity contribution is -0.384. The van der Waals surface area contributed by atoms with Gasteiger partial charge in [-0.2, -0.15) is 0 Å². The van der Waals surface area contributed by atoms with E-state index in [0.717, 1.165) is 5.56 Å². The molecule has 5 N–H and O–H groups in total. The number of carbonyl (C=O) groups excluding carboxylic acids is 1. The highest BCUT2D eigenvalue weighted by molar-refractivity contribution is 6.33. The number of anilines is 2. The molecule has 0 unspecified atom stereocenters. The van der Waals surface area contributed by atoms with Gasteiger partial charge in [0.05, 0.1) is 16.6 Å². The minimum atomic E-state index is -0.659. The molecule has 0 spiro atoms. The van der Waals surface area contributed by atoms with Crippen molar-refractivity contribution in [3.8, 4) is 11.1 Å². The van der Waals surface area contributed by atoms with Crippen LogP contribution in [0.2, 0.25) is 5.02 Å². The minimum absolute atomic E-state index is 0.140. The van der Waals surface area contributed by atoms with Gasteiger partial charge in [0.1, 0.15) is 5.82 Å². The molecule has 174 valence electrons. The Kier molecular flexibility index (Phi) is 7.86. The highest BCUT2D eigenvalue weighted by atomic mass is 35.5. The Bertz CT molecular complexity index is 1150. The lowest BCUT2D eigenvalue weighted by atomic mass is 10.0. The lowest BCUT2D eigenvalue weighted by Gasteiger charge is -2.08. The zero-order valence-corrected chi connectivity index (χ0v) is 18.7. The van der Waals surface area contributed by atoms with Gasteiger partial charge in [-0.25, -0.2) is 4.98 Å². The molecule has 0 bridgehead atoms. The number of aryl methyl sites for hydroxylation is 1. The molecule has 0 fully saturated rings. The van der Waals surface area contributed by atoms with Gasteiger partial charge >= 0.3 is 5.69 Å². The van der Waals surface area contributed by atoms with Crippen molar-refractivity contribution in [3.05, 3.63) is 69.5 Å². The first kappa shape index (κ1) is 24.0. The molecule has 11 heteroatoms. The highest BCUT2D eigenvalue weighted by Gasteiger charge is 2.18. The summed E-state index contributed by atoms with van der Waals surface area (Å²) in [5, 5.41) is 26.7. The molecule has 1 aromatic carbocycles. The molecule has 3 aromatic rings. The average molecular weight is 473 g/mol. The summed E-state index contributed by atoms with van der Waals surface area (Å²) in [6.07, 6.45) is 3.64. The number of benzene rings is 1. The van der Waals surface area contributed by atoms with Crippen LogP contribution in [0.15, 0.2) is 48.8 Å². The molecule has 0 saturated carbocycles. The van der Waals surface area contributed by atoms with Crippen LogP contribution in [0.25, 0.3) is 11.1 Å². The number of aliphatic hydroxyl groups is 1. The topological polar surface area (TPSA) is 148 Å². The number of nitro groups is 1. The first-order valence-corrected chi connectivity index (χ1v) is 10.7. The molecule has 33 heavy (non-hydrogen) atoms. The smallest absolute Gasteiger partial charge is 0.311 e. The Morgan fingerprint density at radius 1 is 1.27 bits per heavy atom. The second-order valence-electron chi connectivity index (χ2n) is 7.50. The molecular formula is C22H25ClN6O4. The van der Waals surface area contributed by atoms with E-state index in [2.05, 4.69) is 15.6 Å². The first-order chi connectivity index (χ1) is 15.8. The van der Waals surface area contributed by atoms with E-state index in [4.69, 9.17) is 17.3 Å². The van der Waals surface area contributed by atoms with Crippen molar-refractivity contribution in [2.45, 2.75) is 26.0 Å². The molecule has 0 radical (unpaired) electrons. The summed E-state index contributed by atoms with van der Waals surface area (Å²) >= 11 is 6.36. The van der Waals surface area contributed by atoms with Crippen LogP contribution < -0.4 is 16.4 Å². The third-order valence-corrected chi connectivity index (χ3v) is 5.17. The van der Waals surface area contributed by atoms with Crippen LogP contribution in [0.3, 0.4) is 0 Å². The largest absolute Gasteiger partial charge is 0.392 e. The number of hydrogen-bond donors (Lipinski definition) is 4. The fourth-order valence-corrected chi connectivity index (χ4v) is 3.48. The second kappa shape index (κ2) is 10.8. The molecule has 1 amide bonds. The van der Waals surface area contributed by atoms with E-state index in [1.165, 1.54) is 12.1 Å². The second-order valence-corrected chi connectivity index (χ2v) is 7.91. The SMILES string of the molecule is C[C@H](O)CNC(=O)c1cn(CCCNc2ccc([N+](=O)[O-])c(N)n2)cc1-c1ccccc1Cl. The summed E-state index contributed by atoms with van der Waals surface area (Å²) < 4.78 is 1.90. The van der Waals surface area contributed by atoms with E-state index in [9.17, 15) is 20.0 Å². The number of rotatable bonds is 10. The standard InChI is InChI=1S/C22H25ClN6O4/c1-14(30)11-26-22(31)17-13-28(12-16(17)15-5-2-3-6-18(15)23)10-4-9-25-20-8-7-19(29(32)33)21(24)27-20/h2-3,5-8,12-14,30H,4,9-11H2,1H3,(H,26,31)(H3,24,25,27)/t14-/m0/s1. The highest BCUT2D eigenvalue weighted by Crippen LogP contribution is 2.31. The van der Waals surface area contributed by atoms with Gasteiger partial charge in [-0.05, 0) is 25.5 Å². The van der Waals surface area contributed by atoms with Crippen LogP contribution in [0.4, 0.5) is 17.3 Å². The predicted molar refractivity (Wildman–Crippen MR) is 127 cm³/mol. The van der Waals surface area contributed by atoms with E-state index >= 15 is 0 Å². The third-order valence-electron chi connectivity index (χ3n) is 4.85. The summed E-state index contributed by atoms with van der Waals surface area (Å²) in [6, 6.07) is 10.1. The van der Waals surface area contributed by atoms with Crippen LogP contribution in [0, 0.1) is 10.1 Å². The van der Waals surface area contributed by atoms with Crippen LogP contribution in [-0.2, 0) is 6.54 Å². The molecule has 0 aliphatic carbocycles. The maximum Gasteiger partial charge on any atom is 0.311 e. The molecule has 0 saturated heterocycles. The van der Waals surface area contributed by atoms with Crippen LogP contribution in [-0.4, -0.2) is 44.7 Å². The van der Waals surface area contributed by atoms with Gasteiger partial charge in [0, 0.05) is 54.2 Å².